The lowest BCUT2D eigenvalue weighted by molar-refractivity contribution is -0.158. The summed E-state index contributed by atoms with van der Waals surface area (Å²) in [5.74, 6) is -1.54. The second kappa shape index (κ2) is 7.76. The van der Waals surface area contributed by atoms with Crippen molar-refractivity contribution in [2.24, 2.45) is 0 Å². The molecule has 0 bridgehead atoms. The van der Waals surface area contributed by atoms with Crippen LogP contribution in [0.4, 0.5) is 0 Å². The molecule has 2 atom stereocenters. The molecule has 0 amide bonds. The maximum absolute atomic E-state index is 12.8. The molecule has 1 aromatic carbocycles. The number of alkyl halides is 2. The summed E-state index contributed by atoms with van der Waals surface area (Å²) < 4.78 is 16.1. The summed E-state index contributed by atoms with van der Waals surface area (Å²) in [6.07, 6.45) is 6.05. The molecule has 0 aliphatic carbocycles. The fraction of sp³-hybridized carbons (Fsp3) is 0.263. The Balaban J connectivity index is 2.39. The molecular formula is C19H17Cl2NO5. The Bertz CT molecular complexity index is 834. The van der Waals surface area contributed by atoms with Crippen molar-refractivity contribution in [1.82, 2.24) is 4.90 Å². The highest BCUT2D eigenvalue weighted by molar-refractivity contribution is 6.45. The van der Waals surface area contributed by atoms with Crippen LogP contribution in [-0.2, 0) is 29.4 Å². The van der Waals surface area contributed by atoms with Crippen LogP contribution in [0.1, 0.15) is 5.56 Å². The number of hydrogen-bond acceptors (Lipinski definition) is 6. The Labute approximate surface area is 166 Å². The van der Waals surface area contributed by atoms with Gasteiger partial charge in [0.15, 0.2) is 11.8 Å². The summed E-state index contributed by atoms with van der Waals surface area (Å²) in [5.41, 5.74) is -1.31. The Morgan fingerprint density at radius 2 is 1.78 bits per heavy atom. The maximum Gasteiger partial charge on any atom is 0.355 e. The third kappa shape index (κ3) is 3.14. The topological polar surface area (TPSA) is 65.1 Å². The van der Waals surface area contributed by atoms with Gasteiger partial charge in [0.05, 0.1) is 14.2 Å². The highest BCUT2D eigenvalue weighted by Crippen LogP contribution is 2.49. The summed E-state index contributed by atoms with van der Waals surface area (Å²) in [4.78, 5) is 25.7. The van der Waals surface area contributed by atoms with Crippen molar-refractivity contribution in [3.8, 4) is 0 Å². The molecule has 0 saturated carbocycles. The van der Waals surface area contributed by atoms with Crippen LogP contribution < -0.4 is 0 Å². The van der Waals surface area contributed by atoms with Crippen molar-refractivity contribution in [2.45, 2.75) is 16.7 Å². The number of carbonyl (C=O) groups is 2. The van der Waals surface area contributed by atoms with E-state index in [1.54, 1.807) is 54.8 Å². The molecule has 0 saturated heterocycles. The van der Waals surface area contributed by atoms with E-state index in [-0.39, 0.29) is 11.3 Å². The molecule has 6 nitrogen and oxygen atoms in total. The lowest BCUT2D eigenvalue weighted by Crippen LogP contribution is -2.54. The van der Waals surface area contributed by atoms with Crippen molar-refractivity contribution in [2.75, 3.05) is 14.2 Å². The van der Waals surface area contributed by atoms with Gasteiger partial charge in [-0.25, -0.2) is 9.59 Å². The summed E-state index contributed by atoms with van der Waals surface area (Å²) in [6.45, 7) is 0. The molecule has 8 heteroatoms. The molecule has 0 spiro atoms. The Kier molecular flexibility index (Phi) is 5.60. The Hall–Kier alpha value is -2.28. The number of fused-ring (bicyclic) bond motifs is 1. The third-order valence-electron chi connectivity index (χ3n) is 4.36. The molecule has 27 heavy (non-hydrogen) atoms. The molecule has 2 aliphatic heterocycles. The van der Waals surface area contributed by atoms with Crippen LogP contribution in [0.3, 0.4) is 0 Å². The highest BCUT2D eigenvalue weighted by Gasteiger charge is 2.56. The molecule has 0 fully saturated rings. The number of benzene rings is 1. The van der Waals surface area contributed by atoms with Crippen LogP contribution in [-0.4, -0.2) is 42.1 Å². The van der Waals surface area contributed by atoms with E-state index in [4.69, 9.17) is 37.4 Å². The van der Waals surface area contributed by atoms with E-state index in [2.05, 4.69) is 0 Å². The van der Waals surface area contributed by atoms with E-state index in [0.717, 1.165) is 0 Å². The van der Waals surface area contributed by atoms with Crippen LogP contribution in [0.2, 0.25) is 0 Å². The highest BCUT2D eigenvalue weighted by atomic mass is 35.5. The second-order valence-corrected chi connectivity index (χ2v) is 6.85. The first-order valence-corrected chi connectivity index (χ1v) is 8.90. The largest absolute Gasteiger partial charge is 0.466 e. The van der Waals surface area contributed by atoms with E-state index in [0.29, 0.717) is 5.56 Å². The third-order valence-corrected chi connectivity index (χ3v) is 4.97. The summed E-state index contributed by atoms with van der Waals surface area (Å²) in [7, 11) is 2.43. The number of esters is 2. The molecule has 0 aromatic heterocycles. The lowest BCUT2D eigenvalue weighted by atomic mass is 9.83. The van der Waals surface area contributed by atoms with E-state index in [1.165, 1.54) is 19.1 Å². The predicted molar refractivity (Wildman–Crippen MR) is 99.7 cm³/mol. The maximum atomic E-state index is 12.8. The zero-order chi connectivity index (χ0) is 19.6. The van der Waals surface area contributed by atoms with Gasteiger partial charge in [-0.3, -0.25) is 0 Å². The fourth-order valence-corrected chi connectivity index (χ4v) is 3.74. The van der Waals surface area contributed by atoms with E-state index in [9.17, 15) is 9.59 Å². The van der Waals surface area contributed by atoms with Crippen molar-refractivity contribution in [3.05, 3.63) is 71.6 Å². The second-order valence-electron chi connectivity index (χ2n) is 5.75. The molecule has 2 unspecified atom stereocenters. The minimum absolute atomic E-state index is 0.0450. The van der Waals surface area contributed by atoms with Gasteiger partial charge in [-0.2, -0.15) is 0 Å². The van der Waals surface area contributed by atoms with Crippen molar-refractivity contribution in [1.29, 1.82) is 0 Å². The molecule has 2 heterocycles. The van der Waals surface area contributed by atoms with Crippen LogP contribution in [0.5, 0.6) is 0 Å². The van der Waals surface area contributed by atoms with Crippen LogP contribution >= 0.6 is 23.2 Å². The minimum Gasteiger partial charge on any atom is -0.466 e. The molecule has 0 radical (unpaired) electrons. The summed E-state index contributed by atoms with van der Waals surface area (Å²) in [5, 5.41) is 0. The first-order chi connectivity index (χ1) is 13.0. The minimum atomic E-state index is -1.64. The quantitative estimate of drug-likeness (QED) is 0.562. The standard InChI is InChI=1S/C19H17Cl2NO5/c1-25-16(23)14-15(17(24)26-2)22-11-7-6-10-13(22)27-19(14,18(20)21)12-8-4-3-5-9-12/h3-11,13,18H,1-2H3. The first-order valence-electron chi connectivity index (χ1n) is 8.03. The lowest BCUT2D eigenvalue weighted by Gasteiger charge is -2.47. The van der Waals surface area contributed by atoms with Crippen LogP contribution in [0.15, 0.2) is 66.0 Å². The zero-order valence-electron chi connectivity index (χ0n) is 14.6. The van der Waals surface area contributed by atoms with Gasteiger partial charge in [-0.05, 0) is 17.7 Å². The van der Waals surface area contributed by atoms with Gasteiger partial charge in [-0.1, -0.05) is 36.4 Å². The van der Waals surface area contributed by atoms with Gasteiger partial charge in [0, 0.05) is 6.20 Å². The van der Waals surface area contributed by atoms with Crippen molar-refractivity contribution in [3.63, 3.8) is 0 Å². The molecule has 3 rings (SSSR count). The van der Waals surface area contributed by atoms with Gasteiger partial charge < -0.3 is 19.1 Å². The van der Waals surface area contributed by atoms with E-state index >= 15 is 0 Å². The number of allylic oxidation sites excluding steroid dienone is 2. The average Bonchev–Trinajstić information content (AvgIpc) is 2.71. The normalized spacial score (nSPS) is 24.0. The Morgan fingerprint density at radius 1 is 1.11 bits per heavy atom. The molecule has 0 N–H and O–H groups in total. The number of hydrogen-bond donors (Lipinski definition) is 0. The smallest absolute Gasteiger partial charge is 0.355 e. The van der Waals surface area contributed by atoms with Crippen LogP contribution in [0.25, 0.3) is 0 Å². The number of carbonyl (C=O) groups excluding carboxylic acids is 2. The summed E-state index contributed by atoms with van der Waals surface area (Å²) in [6, 6.07) is 8.75. The first kappa shape index (κ1) is 19.5. The van der Waals surface area contributed by atoms with Gasteiger partial charge in [-0.15, -0.1) is 23.2 Å². The predicted octanol–water partition coefficient (Wildman–Crippen LogP) is 3.03. The van der Waals surface area contributed by atoms with E-state index < -0.39 is 28.6 Å². The van der Waals surface area contributed by atoms with Gasteiger partial charge in [0.1, 0.15) is 16.1 Å². The van der Waals surface area contributed by atoms with Crippen LogP contribution in [0, 0.1) is 0 Å². The monoisotopic (exact) mass is 409 g/mol. The van der Waals surface area contributed by atoms with Gasteiger partial charge in [0.25, 0.3) is 0 Å². The number of nitrogens with zero attached hydrogens (tertiary/aromatic N) is 1. The number of halogens is 2. The molecule has 2 aliphatic rings. The number of rotatable bonds is 4. The van der Waals surface area contributed by atoms with Gasteiger partial charge in [0.2, 0.25) is 0 Å². The zero-order valence-corrected chi connectivity index (χ0v) is 16.1. The molecule has 142 valence electrons. The Morgan fingerprint density at radius 3 is 2.37 bits per heavy atom. The van der Waals surface area contributed by atoms with E-state index in [1.807, 2.05) is 0 Å². The van der Waals surface area contributed by atoms with Crippen molar-refractivity contribution >= 4 is 35.1 Å². The molecule has 1 aromatic rings. The SMILES string of the molecule is COC(=O)C1=C(C(=O)OC)C(c2ccccc2)(C(Cl)Cl)OC2C=CC=CN12. The number of methoxy groups -OCH3 is 2. The number of ether oxygens (including phenoxy) is 3. The van der Waals surface area contributed by atoms with Gasteiger partial charge >= 0.3 is 11.9 Å². The molecular weight excluding hydrogens is 393 g/mol. The summed E-state index contributed by atoms with van der Waals surface area (Å²) >= 11 is 12.7. The fourth-order valence-electron chi connectivity index (χ4n) is 3.17. The average molecular weight is 410 g/mol. The van der Waals surface area contributed by atoms with Crippen molar-refractivity contribution < 1.29 is 23.8 Å².